The minimum atomic E-state index is -0.214. The van der Waals surface area contributed by atoms with Crippen LogP contribution in [-0.4, -0.2) is 54.1 Å². The number of benzene rings is 1. The molecule has 0 aliphatic carbocycles. The summed E-state index contributed by atoms with van der Waals surface area (Å²) in [4.78, 5) is 26.0. The summed E-state index contributed by atoms with van der Waals surface area (Å²) in [5.74, 6) is 1.26. The molecular weight excluding hydrogens is 390 g/mol. The Morgan fingerprint density at radius 1 is 1.03 bits per heavy atom. The molecule has 0 saturated carbocycles. The van der Waals surface area contributed by atoms with Crippen LogP contribution in [0.15, 0.2) is 67.1 Å². The minimum absolute atomic E-state index is 0.214. The van der Waals surface area contributed by atoms with E-state index >= 15 is 0 Å². The maximum atomic E-state index is 12.6. The van der Waals surface area contributed by atoms with Crippen molar-refractivity contribution in [3.05, 3.63) is 78.2 Å². The summed E-state index contributed by atoms with van der Waals surface area (Å²) < 4.78 is 5.27. The lowest BCUT2D eigenvalue weighted by molar-refractivity contribution is 0.102. The number of nitrogens with one attached hydrogen (secondary N) is 1. The third kappa shape index (κ3) is 5.38. The van der Waals surface area contributed by atoms with Crippen molar-refractivity contribution in [1.82, 2.24) is 14.9 Å². The second-order valence-corrected chi connectivity index (χ2v) is 7.53. The highest BCUT2D eigenvalue weighted by atomic mass is 16.5. The fourth-order valence-corrected chi connectivity index (χ4v) is 3.78. The molecule has 1 amide bonds. The third-order valence-electron chi connectivity index (χ3n) is 5.43. The van der Waals surface area contributed by atoms with Gasteiger partial charge in [0.05, 0.1) is 24.6 Å². The van der Waals surface area contributed by atoms with E-state index in [1.165, 1.54) is 5.56 Å². The van der Waals surface area contributed by atoms with Crippen LogP contribution in [0.25, 0.3) is 0 Å². The molecule has 1 N–H and O–H groups in total. The summed E-state index contributed by atoms with van der Waals surface area (Å²) in [7, 11) is 1.56. The molecule has 0 radical (unpaired) electrons. The topological polar surface area (TPSA) is 70.6 Å². The Bertz CT molecular complexity index is 994. The van der Waals surface area contributed by atoms with E-state index in [0.717, 1.165) is 45.0 Å². The highest BCUT2D eigenvalue weighted by Crippen LogP contribution is 2.21. The van der Waals surface area contributed by atoms with E-state index in [2.05, 4.69) is 37.2 Å². The molecule has 7 heteroatoms. The van der Waals surface area contributed by atoms with Gasteiger partial charge < -0.3 is 15.0 Å². The van der Waals surface area contributed by atoms with E-state index in [1.807, 2.05) is 36.7 Å². The number of pyridine rings is 2. The zero-order valence-corrected chi connectivity index (χ0v) is 17.7. The molecule has 2 aromatic heterocycles. The first kappa shape index (κ1) is 20.8. The van der Waals surface area contributed by atoms with Gasteiger partial charge in [0.25, 0.3) is 5.91 Å². The van der Waals surface area contributed by atoms with Crippen molar-refractivity contribution in [2.24, 2.45) is 0 Å². The molecule has 1 aliphatic heterocycles. The van der Waals surface area contributed by atoms with Gasteiger partial charge in [-0.1, -0.05) is 12.1 Å². The summed E-state index contributed by atoms with van der Waals surface area (Å²) in [5.41, 5.74) is 2.45. The van der Waals surface area contributed by atoms with Gasteiger partial charge in [-0.3, -0.25) is 14.7 Å². The first-order valence-corrected chi connectivity index (χ1v) is 10.5. The number of aromatic nitrogens is 2. The molecule has 1 fully saturated rings. The number of nitrogens with zero attached hydrogens (tertiary/aromatic N) is 4. The molecule has 3 aromatic rings. The second-order valence-electron chi connectivity index (χ2n) is 7.53. The third-order valence-corrected chi connectivity index (χ3v) is 5.43. The van der Waals surface area contributed by atoms with Crippen molar-refractivity contribution in [2.75, 3.05) is 43.5 Å². The van der Waals surface area contributed by atoms with E-state index in [1.54, 1.807) is 25.4 Å². The molecule has 0 unspecified atom stereocenters. The molecule has 0 bridgehead atoms. The maximum absolute atomic E-state index is 12.6. The molecule has 31 heavy (non-hydrogen) atoms. The fraction of sp³-hybridized carbons (Fsp3) is 0.292. The number of ether oxygens (including phenoxy) is 1. The highest BCUT2D eigenvalue weighted by molar-refractivity contribution is 6.06. The Hall–Kier alpha value is -3.45. The quantitative estimate of drug-likeness (QED) is 0.663. The largest absolute Gasteiger partial charge is 0.496 e. The van der Waals surface area contributed by atoms with Gasteiger partial charge in [0.1, 0.15) is 11.6 Å². The monoisotopic (exact) mass is 417 g/mol. The van der Waals surface area contributed by atoms with Gasteiger partial charge in [-0.25, -0.2) is 4.98 Å². The smallest absolute Gasteiger partial charge is 0.259 e. The molecule has 0 spiro atoms. The van der Waals surface area contributed by atoms with E-state index < -0.39 is 0 Å². The van der Waals surface area contributed by atoms with Crippen LogP contribution in [0.5, 0.6) is 5.75 Å². The van der Waals surface area contributed by atoms with E-state index in [4.69, 9.17) is 4.74 Å². The molecule has 1 aliphatic rings. The zero-order chi connectivity index (χ0) is 21.5. The van der Waals surface area contributed by atoms with Crippen LogP contribution in [0.2, 0.25) is 0 Å². The molecule has 0 atom stereocenters. The molecule has 1 saturated heterocycles. The number of methoxy groups -OCH3 is 1. The summed E-state index contributed by atoms with van der Waals surface area (Å²) in [6.07, 6.45) is 6.48. The second kappa shape index (κ2) is 10.0. The van der Waals surface area contributed by atoms with Gasteiger partial charge in [-0.2, -0.15) is 0 Å². The van der Waals surface area contributed by atoms with Crippen molar-refractivity contribution < 1.29 is 9.53 Å². The lowest BCUT2D eigenvalue weighted by Gasteiger charge is -2.23. The molecule has 1 aromatic carbocycles. The van der Waals surface area contributed by atoms with Gasteiger partial charge in [-0.05, 0) is 48.4 Å². The number of anilines is 2. The lowest BCUT2D eigenvalue weighted by atomic mass is 10.2. The highest BCUT2D eigenvalue weighted by Gasteiger charge is 2.17. The van der Waals surface area contributed by atoms with Crippen LogP contribution in [0, 0.1) is 0 Å². The fourth-order valence-electron chi connectivity index (χ4n) is 3.78. The van der Waals surface area contributed by atoms with Crippen LogP contribution in [0.4, 0.5) is 11.5 Å². The van der Waals surface area contributed by atoms with Crippen molar-refractivity contribution in [1.29, 1.82) is 0 Å². The van der Waals surface area contributed by atoms with E-state index in [-0.39, 0.29) is 5.91 Å². The maximum Gasteiger partial charge on any atom is 0.259 e. The Kier molecular flexibility index (Phi) is 6.74. The van der Waals surface area contributed by atoms with Crippen molar-refractivity contribution in [2.45, 2.75) is 13.0 Å². The van der Waals surface area contributed by atoms with Gasteiger partial charge in [0, 0.05) is 45.1 Å². The van der Waals surface area contributed by atoms with Crippen molar-refractivity contribution in [3.8, 4) is 5.75 Å². The van der Waals surface area contributed by atoms with Crippen LogP contribution in [0.1, 0.15) is 22.3 Å². The van der Waals surface area contributed by atoms with Gasteiger partial charge in [0.15, 0.2) is 0 Å². The van der Waals surface area contributed by atoms with Crippen LogP contribution in [0.3, 0.4) is 0 Å². The van der Waals surface area contributed by atoms with Crippen LogP contribution >= 0.6 is 0 Å². The van der Waals surface area contributed by atoms with Gasteiger partial charge in [-0.15, -0.1) is 0 Å². The average Bonchev–Trinajstić information content (AvgIpc) is 3.06. The zero-order valence-electron chi connectivity index (χ0n) is 17.7. The van der Waals surface area contributed by atoms with Crippen LogP contribution in [-0.2, 0) is 6.54 Å². The predicted molar refractivity (Wildman–Crippen MR) is 122 cm³/mol. The normalized spacial score (nSPS) is 14.7. The van der Waals surface area contributed by atoms with Crippen molar-refractivity contribution in [3.63, 3.8) is 0 Å². The number of carbonyl (C=O) groups excluding carboxylic acids is 1. The first-order valence-electron chi connectivity index (χ1n) is 10.5. The standard InChI is InChI=1S/C24H27N5O2/c1-31-22-6-3-2-5-21(22)24(30)27-20-7-8-23(26-17-20)29-14-4-13-28(15-16-29)18-19-9-11-25-12-10-19/h2-3,5-12,17H,4,13-16,18H2,1H3,(H,27,30). The van der Waals surface area contributed by atoms with Gasteiger partial charge >= 0.3 is 0 Å². The summed E-state index contributed by atoms with van der Waals surface area (Å²) >= 11 is 0. The minimum Gasteiger partial charge on any atom is -0.496 e. The first-order chi connectivity index (χ1) is 15.2. The van der Waals surface area contributed by atoms with E-state index in [0.29, 0.717) is 17.0 Å². The average molecular weight is 418 g/mol. The molecule has 4 rings (SSSR count). The molecular formula is C24H27N5O2. The SMILES string of the molecule is COc1ccccc1C(=O)Nc1ccc(N2CCCN(Cc3ccncc3)CC2)nc1. The number of amides is 1. The predicted octanol–water partition coefficient (Wildman–Crippen LogP) is 3.45. The molecule has 3 heterocycles. The molecule has 7 nitrogen and oxygen atoms in total. The Balaban J connectivity index is 1.35. The van der Waals surface area contributed by atoms with Crippen LogP contribution < -0.4 is 15.0 Å². The summed E-state index contributed by atoms with van der Waals surface area (Å²) in [5, 5.41) is 2.90. The number of para-hydroxylation sites is 1. The molecule has 160 valence electrons. The number of rotatable bonds is 6. The van der Waals surface area contributed by atoms with Crippen molar-refractivity contribution >= 4 is 17.4 Å². The summed E-state index contributed by atoms with van der Waals surface area (Å²) in [6, 6.07) is 15.2. The Morgan fingerprint density at radius 3 is 2.65 bits per heavy atom. The Morgan fingerprint density at radius 2 is 1.87 bits per heavy atom. The van der Waals surface area contributed by atoms with E-state index in [9.17, 15) is 4.79 Å². The number of hydrogen-bond acceptors (Lipinski definition) is 6. The van der Waals surface area contributed by atoms with Gasteiger partial charge in [0.2, 0.25) is 0 Å². The lowest BCUT2D eigenvalue weighted by Crippen LogP contribution is -2.31. The number of hydrogen-bond donors (Lipinski definition) is 1. The number of carbonyl (C=O) groups is 1. The summed E-state index contributed by atoms with van der Waals surface area (Å²) in [6.45, 7) is 4.87. The Labute approximate surface area is 182 Å².